The molecule has 4 aliphatic carbocycles. The van der Waals surface area contributed by atoms with Crippen LogP contribution < -0.4 is 22.9 Å². The number of H-pyrrole nitrogens is 2. The number of anilines is 4. The highest BCUT2D eigenvalue weighted by Crippen LogP contribution is 2.42. The molecule has 1 atom stereocenters. The molecule has 26 nitrogen and oxygen atoms in total. The van der Waals surface area contributed by atoms with Gasteiger partial charge in [0, 0.05) is 80.4 Å². The van der Waals surface area contributed by atoms with Gasteiger partial charge in [-0.25, -0.2) is 59.5 Å². The number of hydrogen-bond acceptors (Lipinski definition) is 20. The Balaban J connectivity index is 0.000000183. The maximum Gasteiger partial charge on any atom is 0.153 e. The zero-order valence-corrected chi connectivity index (χ0v) is 76.9. The molecule has 0 radical (unpaired) electrons. The Labute approximate surface area is 742 Å². The summed E-state index contributed by atoms with van der Waals surface area (Å²) in [7, 11) is 5.69. The molecule has 0 saturated carbocycles. The fraction of sp³-hybridized carbons (Fsp3) is 0.320. The lowest BCUT2D eigenvalue weighted by atomic mass is 9.81. The van der Waals surface area contributed by atoms with E-state index in [4.69, 9.17) is 28.0 Å². The van der Waals surface area contributed by atoms with Crippen LogP contribution in [0.5, 0.6) is 0 Å². The van der Waals surface area contributed by atoms with E-state index in [2.05, 4.69) is 182 Å². The summed E-state index contributed by atoms with van der Waals surface area (Å²) in [5.74, 6) is 3.31. The molecule has 0 aliphatic heterocycles. The zero-order chi connectivity index (χ0) is 91.0. The maximum atomic E-state index is 6.22. The number of para-hydroxylation sites is 2. The second-order valence-electron chi connectivity index (χ2n) is 27.5. The second-order valence-corrected chi connectivity index (χ2v) is 27.5. The number of rotatable bonds is 5. The molecule has 12 heterocycles. The predicted molar refractivity (Wildman–Crippen MR) is 519 cm³/mol. The number of aromatic nitrogens is 22. The van der Waals surface area contributed by atoms with E-state index < -0.39 is 0 Å². The molecule has 18 aromatic rings. The average molecular weight is 1690 g/mol. The molecule has 0 bridgehead atoms. The first-order valence-corrected chi connectivity index (χ1v) is 44.6. The van der Waals surface area contributed by atoms with Crippen molar-refractivity contribution >= 4 is 89.3 Å². The smallest absolute Gasteiger partial charge is 0.153 e. The summed E-state index contributed by atoms with van der Waals surface area (Å²) in [5.41, 5.74) is 49.2. The van der Waals surface area contributed by atoms with Crippen LogP contribution in [0.25, 0.3) is 71.8 Å². The Hall–Kier alpha value is -14.0. The van der Waals surface area contributed by atoms with Crippen LogP contribution in [-0.4, -0.2) is 109 Å². The number of nitrogens with one attached hydrogen (secondary N) is 2. The average Bonchev–Trinajstić information content (AvgIpc) is 1.57. The van der Waals surface area contributed by atoms with Gasteiger partial charge in [-0.15, -0.1) is 0 Å². The Morgan fingerprint density at radius 3 is 1.10 bits per heavy atom. The molecule has 26 heteroatoms. The van der Waals surface area contributed by atoms with E-state index in [-0.39, 0.29) is 5.92 Å². The summed E-state index contributed by atoms with van der Waals surface area (Å²) < 4.78 is 7.27. The summed E-state index contributed by atoms with van der Waals surface area (Å²) in [6.45, 7) is 32.0. The van der Waals surface area contributed by atoms with E-state index in [1.165, 1.54) is 76.1 Å². The topological polar surface area (TPSA) is 362 Å². The first kappa shape index (κ1) is 97.4. The van der Waals surface area contributed by atoms with Crippen LogP contribution in [-0.2, 0) is 66.1 Å². The van der Waals surface area contributed by atoms with E-state index in [1.807, 2.05) is 222 Å². The highest BCUT2D eigenvalue weighted by Gasteiger charge is 2.33. The van der Waals surface area contributed by atoms with Crippen LogP contribution in [0.1, 0.15) is 215 Å². The van der Waals surface area contributed by atoms with Crippen molar-refractivity contribution in [1.82, 2.24) is 109 Å². The fourth-order valence-corrected chi connectivity index (χ4v) is 15.6. The highest BCUT2D eigenvalue weighted by atomic mass is 15.3. The molecular formula is C100H128N26. The first-order valence-electron chi connectivity index (χ1n) is 44.6. The van der Waals surface area contributed by atoms with E-state index >= 15 is 0 Å². The highest BCUT2D eigenvalue weighted by molar-refractivity contribution is 5.90. The largest absolute Gasteiger partial charge is 0.382 e. The number of fused-ring (bicyclic) bond motifs is 10. The van der Waals surface area contributed by atoms with Gasteiger partial charge in [0.2, 0.25) is 0 Å². The number of hydrogen-bond donors (Lipinski definition) is 6. The third kappa shape index (κ3) is 23.4. The monoisotopic (exact) mass is 1690 g/mol. The van der Waals surface area contributed by atoms with E-state index in [1.54, 1.807) is 38.7 Å². The molecular weight excluding hydrogens is 1570 g/mol. The van der Waals surface area contributed by atoms with Gasteiger partial charge < -0.3 is 27.9 Å². The van der Waals surface area contributed by atoms with Gasteiger partial charge >= 0.3 is 0 Å². The summed E-state index contributed by atoms with van der Waals surface area (Å²) in [4.78, 5) is 48.6. The normalized spacial score (nSPS) is 12.7. The Morgan fingerprint density at radius 2 is 0.706 bits per heavy atom. The number of nitrogens with zero attached hydrogens (tertiary/aromatic N) is 20. The van der Waals surface area contributed by atoms with Crippen LogP contribution in [0.2, 0.25) is 0 Å². The van der Waals surface area contributed by atoms with Crippen molar-refractivity contribution in [3.8, 4) is 5.69 Å². The molecule has 0 saturated heterocycles. The lowest BCUT2D eigenvalue weighted by Gasteiger charge is -2.24. The van der Waals surface area contributed by atoms with Gasteiger partial charge in [0.05, 0.1) is 40.2 Å². The van der Waals surface area contributed by atoms with Crippen molar-refractivity contribution in [1.29, 1.82) is 0 Å². The minimum Gasteiger partial charge on any atom is -0.382 e. The quantitative estimate of drug-likeness (QED) is 0.0932. The zero-order valence-electron chi connectivity index (χ0n) is 76.9. The van der Waals surface area contributed by atoms with Gasteiger partial charge in [0.25, 0.3) is 0 Å². The molecule has 0 fully saturated rings. The van der Waals surface area contributed by atoms with Gasteiger partial charge in [0.15, 0.2) is 23.3 Å². The molecule has 22 rings (SSSR count). The fourth-order valence-electron chi connectivity index (χ4n) is 15.6. The lowest BCUT2D eigenvalue weighted by molar-refractivity contribution is 0.600. The SMILES string of the molecule is CC.CC.CC.CC.CC.CC.CC.CC.Cn1nc(C2Cc3ccccc3C2)c2ncnc(N)c21.Cn1nc(C2Cc3ccccc3C2)c2ncnc(N)c21.Cn1nc(C2Cc3ccccc3C2)c2ncnc(N)c21.Nc1ncnc2c(C3CCCc4ccccc43)nn(-c3ccccc3)c12.c1ccc2[nH]ncc2c1.c1cnc2[nH]ccc2c1.c1cncnc1. The molecule has 1 unspecified atom stereocenters. The minimum absolute atomic E-state index is 0.238. The van der Waals surface area contributed by atoms with Gasteiger partial charge in [-0.05, 0) is 145 Å². The van der Waals surface area contributed by atoms with Gasteiger partial charge in [0.1, 0.15) is 81.4 Å². The molecule has 0 amide bonds. The molecule has 658 valence electrons. The Bertz CT molecular complexity index is 5670. The van der Waals surface area contributed by atoms with Crippen molar-refractivity contribution in [3.63, 3.8) is 0 Å². The molecule has 4 aliphatic rings. The van der Waals surface area contributed by atoms with Crippen LogP contribution in [0.4, 0.5) is 23.3 Å². The number of pyridine rings is 1. The van der Waals surface area contributed by atoms with Crippen molar-refractivity contribution in [2.24, 2.45) is 21.1 Å². The second kappa shape index (κ2) is 50.5. The van der Waals surface area contributed by atoms with Gasteiger partial charge in [-0.1, -0.05) is 244 Å². The predicted octanol–water partition coefficient (Wildman–Crippen LogP) is 21.2. The minimum atomic E-state index is 0.238. The molecule has 0 spiro atoms. The summed E-state index contributed by atoms with van der Waals surface area (Å²) >= 11 is 0. The lowest BCUT2D eigenvalue weighted by Crippen LogP contribution is -2.12. The Morgan fingerprint density at radius 1 is 0.333 bits per heavy atom. The van der Waals surface area contributed by atoms with Crippen molar-refractivity contribution in [2.45, 2.75) is 192 Å². The maximum absolute atomic E-state index is 6.22. The van der Waals surface area contributed by atoms with Crippen LogP contribution >= 0.6 is 0 Å². The van der Waals surface area contributed by atoms with Crippen molar-refractivity contribution in [3.05, 3.63) is 306 Å². The standard InChI is InChI=1S/C21H19N5.3C15H15N5.2C7H6N2.C4H4N2.8C2H6/c22-21-20-19(23-13-24-21)18(25-26(20)15-9-2-1-3-10-15)17-12-6-8-14-7-4-5-11-16(14)17;3*1-20-14-13(17-8-18-15(14)16)12(19-20)11-6-9-4-2-3-5-10(9)7-11;1-2-6-3-5-9-7(6)8-4-1;1-2-4-7-6(3-1)5-8-9-7;1-2-5-4-6-3-1;8*1-2/h1-5,7,9-11,13,17H,6,8,12H2,(H2,22,23,24);3*2-5,8,11H,6-7H2,1H3,(H2,16,17,18);2*1-5H,(H,8,9);1-4H;8*1-2H3. The van der Waals surface area contributed by atoms with E-state index in [0.717, 1.165) is 152 Å². The molecule has 6 aromatic carbocycles. The van der Waals surface area contributed by atoms with E-state index in [0.29, 0.717) is 41.0 Å². The first-order chi connectivity index (χ1) is 62.0. The number of nitrogens with two attached hydrogens (primary N) is 4. The van der Waals surface area contributed by atoms with Gasteiger partial charge in [-0.3, -0.25) is 19.1 Å². The number of aromatic amines is 2. The third-order valence-corrected chi connectivity index (χ3v) is 20.7. The summed E-state index contributed by atoms with van der Waals surface area (Å²) in [6.07, 6.45) is 25.9. The number of benzene rings is 6. The van der Waals surface area contributed by atoms with Crippen molar-refractivity contribution < 1.29 is 0 Å². The summed E-state index contributed by atoms with van der Waals surface area (Å²) in [5, 5.41) is 28.0. The van der Waals surface area contributed by atoms with Crippen LogP contribution in [0.3, 0.4) is 0 Å². The molecule has 12 aromatic heterocycles. The van der Waals surface area contributed by atoms with Gasteiger partial charge in [-0.2, -0.15) is 25.5 Å². The van der Waals surface area contributed by atoms with Crippen LogP contribution in [0, 0.1) is 0 Å². The molecule has 10 N–H and O–H groups in total. The molecule has 126 heavy (non-hydrogen) atoms. The summed E-state index contributed by atoms with van der Waals surface area (Å²) in [6, 6.07) is 60.2. The third-order valence-electron chi connectivity index (χ3n) is 20.7. The van der Waals surface area contributed by atoms with Crippen molar-refractivity contribution in [2.75, 3.05) is 22.9 Å². The van der Waals surface area contributed by atoms with Crippen LogP contribution in [0.15, 0.2) is 239 Å². The van der Waals surface area contributed by atoms with E-state index in [9.17, 15) is 0 Å². The number of aryl methyl sites for hydroxylation is 4. The Kier molecular flexibility index (Phi) is 39.1. The number of nitrogen functional groups attached to an aromatic ring is 4.